The summed E-state index contributed by atoms with van der Waals surface area (Å²) in [6.07, 6.45) is 2.54. The summed E-state index contributed by atoms with van der Waals surface area (Å²) in [4.78, 5) is 24.2. The van der Waals surface area contributed by atoms with Crippen LogP contribution in [0, 0.1) is 0 Å². The number of carbonyl (C=O) groups excluding carboxylic acids is 1. The van der Waals surface area contributed by atoms with Crippen molar-refractivity contribution in [3.05, 3.63) is 30.4 Å². The smallest absolute Gasteiger partial charge is 0.303 e. The van der Waals surface area contributed by atoms with Gasteiger partial charge in [-0.05, 0) is 0 Å². The second kappa shape index (κ2) is 6.36. The van der Waals surface area contributed by atoms with Crippen molar-refractivity contribution in [2.24, 2.45) is 0 Å². The fraction of sp³-hybridized carbons (Fsp3) is 0.353. The average molecular weight is 409 g/mol. The molecule has 0 bridgehead atoms. The van der Waals surface area contributed by atoms with Gasteiger partial charge in [0.2, 0.25) is 11.7 Å². The molecule has 0 aliphatic carbocycles. The summed E-state index contributed by atoms with van der Waals surface area (Å²) in [6, 6.07) is 2.84. The number of anilines is 2. The van der Waals surface area contributed by atoms with Crippen molar-refractivity contribution < 1.29 is 22.4 Å². The Morgan fingerprint density at radius 3 is 2.62 bits per heavy atom. The highest BCUT2D eigenvalue weighted by Gasteiger charge is 2.45. The number of carbonyl (C=O) groups is 1. The lowest BCUT2D eigenvalue weighted by atomic mass is 10.1. The number of nitrogens with zero attached hydrogens (tertiary/aromatic N) is 6. The summed E-state index contributed by atoms with van der Waals surface area (Å²) in [5, 5.41) is 7.24. The molecule has 12 heteroatoms. The molecule has 0 radical (unpaired) electrons. The lowest BCUT2D eigenvalue weighted by molar-refractivity contribution is -0.114. The van der Waals surface area contributed by atoms with Crippen LogP contribution in [0.2, 0.25) is 0 Å². The Bertz CT molecular complexity index is 1100. The van der Waals surface area contributed by atoms with E-state index < -0.39 is 30.8 Å². The highest BCUT2D eigenvalue weighted by molar-refractivity contribution is 5.95. The van der Waals surface area contributed by atoms with Gasteiger partial charge in [-0.25, -0.2) is 28.4 Å². The van der Waals surface area contributed by atoms with Gasteiger partial charge in [-0.3, -0.25) is 4.79 Å². The fourth-order valence-corrected chi connectivity index (χ4v) is 2.99. The fourth-order valence-electron chi connectivity index (χ4n) is 2.99. The number of alkyl halides is 4. The van der Waals surface area contributed by atoms with E-state index in [1.54, 1.807) is 0 Å². The van der Waals surface area contributed by atoms with Gasteiger partial charge in [0.25, 0.3) is 5.92 Å². The number of fused-ring (bicyclic) bond motifs is 1. The van der Waals surface area contributed by atoms with Gasteiger partial charge in [-0.15, -0.1) is 5.10 Å². The van der Waals surface area contributed by atoms with Gasteiger partial charge in [0, 0.05) is 38.4 Å². The third-order valence-electron chi connectivity index (χ3n) is 4.24. The van der Waals surface area contributed by atoms with Crippen LogP contribution in [0.1, 0.15) is 19.7 Å². The van der Waals surface area contributed by atoms with Gasteiger partial charge in [0.15, 0.2) is 11.6 Å². The van der Waals surface area contributed by atoms with Crippen LogP contribution in [0.3, 0.4) is 0 Å². The van der Waals surface area contributed by atoms with Gasteiger partial charge < -0.3 is 10.2 Å². The number of amides is 1. The highest BCUT2D eigenvalue weighted by atomic mass is 19.3. The molecule has 0 unspecified atom stereocenters. The van der Waals surface area contributed by atoms with Crippen molar-refractivity contribution in [2.75, 3.05) is 23.3 Å². The third-order valence-corrected chi connectivity index (χ3v) is 4.24. The Morgan fingerprint density at radius 2 is 2.00 bits per heavy atom. The van der Waals surface area contributed by atoms with Crippen molar-refractivity contribution >= 4 is 28.4 Å². The lowest BCUT2D eigenvalue weighted by Crippen LogP contribution is -2.56. The largest absolute Gasteiger partial charge is 0.342 e. The molecule has 152 valence electrons. The highest BCUT2D eigenvalue weighted by Crippen LogP contribution is 2.36. The maximum absolute atomic E-state index is 13.7. The van der Waals surface area contributed by atoms with Crippen LogP contribution in [0.5, 0.6) is 0 Å². The normalized spacial score (nSPS) is 16.0. The molecule has 0 saturated carbocycles. The zero-order valence-corrected chi connectivity index (χ0v) is 15.3. The zero-order chi connectivity index (χ0) is 21.0. The Labute approximate surface area is 161 Å². The first kappa shape index (κ1) is 19.0. The number of hydrogen-bond acceptors (Lipinski definition) is 6. The minimum absolute atomic E-state index is 0.0278. The molecule has 1 fully saturated rings. The van der Waals surface area contributed by atoms with E-state index in [0.29, 0.717) is 17.8 Å². The van der Waals surface area contributed by atoms with E-state index in [-0.39, 0.29) is 23.4 Å². The second-order valence-electron chi connectivity index (χ2n) is 6.84. The Kier molecular flexibility index (Phi) is 4.17. The number of rotatable bonds is 4. The van der Waals surface area contributed by atoms with Gasteiger partial charge in [-0.1, -0.05) is 0 Å². The van der Waals surface area contributed by atoms with Crippen molar-refractivity contribution in [2.45, 2.75) is 25.7 Å². The molecule has 1 saturated heterocycles. The molecule has 0 spiro atoms. The first-order chi connectivity index (χ1) is 13.5. The van der Waals surface area contributed by atoms with Crippen LogP contribution in [0.25, 0.3) is 16.7 Å². The van der Waals surface area contributed by atoms with E-state index in [1.807, 2.05) is 0 Å². The number of hydrogen-bond donors (Lipinski definition) is 1. The van der Waals surface area contributed by atoms with Gasteiger partial charge in [0.05, 0.1) is 24.0 Å². The number of pyridine rings is 1. The van der Waals surface area contributed by atoms with Crippen LogP contribution in [-0.4, -0.2) is 49.7 Å². The molecule has 1 aliphatic heterocycles. The zero-order valence-electron chi connectivity index (χ0n) is 15.3. The van der Waals surface area contributed by atoms with Crippen LogP contribution in [0.15, 0.2) is 24.5 Å². The molecule has 3 aromatic heterocycles. The standard InChI is InChI=1S/C17H15F4N7O/c1-9(29)24-12-5-11-10(6-23-12)14(27-7-17(20,21)8-27)26-28(11)13-3-4-22-15(25-13)16(2,18)19/h3-6H,7-8H2,1-2H3,(H,23,24,29). The summed E-state index contributed by atoms with van der Waals surface area (Å²) in [6.45, 7) is 0.930. The van der Waals surface area contributed by atoms with E-state index in [4.69, 9.17) is 0 Å². The molecule has 0 atom stereocenters. The summed E-state index contributed by atoms with van der Waals surface area (Å²) >= 11 is 0. The number of nitrogens with one attached hydrogen (secondary N) is 1. The Hall–Kier alpha value is -3.31. The van der Waals surface area contributed by atoms with Crippen molar-refractivity contribution in [1.82, 2.24) is 24.7 Å². The predicted molar refractivity (Wildman–Crippen MR) is 95.5 cm³/mol. The average Bonchev–Trinajstić information content (AvgIpc) is 2.97. The summed E-state index contributed by atoms with van der Waals surface area (Å²) in [7, 11) is 0. The Morgan fingerprint density at radius 1 is 1.28 bits per heavy atom. The second-order valence-corrected chi connectivity index (χ2v) is 6.84. The van der Waals surface area contributed by atoms with Crippen LogP contribution in [0.4, 0.5) is 29.2 Å². The molecule has 1 N–H and O–H groups in total. The summed E-state index contributed by atoms with van der Waals surface area (Å²) in [5.41, 5.74) is 0.359. The number of halogens is 4. The summed E-state index contributed by atoms with van der Waals surface area (Å²) < 4.78 is 55.2. The lowest BCUT2D eigenvalue weighted by Gasteiger charge is -2.38. The van der Waals surface area contributed by atoms with Gasteiger partial charge in [-0.2, -0.15) is 8.78 Å². The van der Waals surface area contributed by atoms with Crippen LogP contribution < -0.4 is 10.2 Å². The van der Waals surface area contributed by atoms with Gasteiger partial charge in [0.1, 0.15) is 5.82 Å². The Balaban J connectivity index is 1.87. The molecular formula is C17H15F4N7O. The quantitative estimate of drug-likeness (QED) is 0.667. The molecule has 4 rings (SSSR count). The van der Waals surface area contributed by atoms with Gasteiger partial charge >= 0.3 is 5.92 Å². The molecular weight excluding hydrogens is 394 g/mol. The van der Waals surface area contributed by atoms with Crippen LogP contribution in [-0.2, 0) is 10.7 Å². The maximum atomic E-state index is 13.7. The van der Waals surface area contributed by atoms with E-state index >= 15 is 0 Å². The van der Waals surface area contributed by atoms with Crippen molar-refractivity contribution in [3.63, 3.8) is 0 Å². The third kappa shape index (κ3) is 3.57. The molecule has 1 amide bonds. The van der Waals surface area contributed by atoms with Crippen molar-refractivity contribution in [1.29, 1.82) is 0 Å². The maximum Gasteiger partial charge on any atom is 0.303 e. The van der Waals surface area contributed by atoms with E-state index in [0.717, 1.165) is 6.20 Å². The first-order valence-corrected chi connectivity index (χ1v) is 8.54. The molecule has 8 nitrogen and oxygen atoms in total. The monoisotopic (exact) mass is 409 g/mol. The predicted octanol–water partition coefficient (Wildman–Crippen LogP) is 2.74. The SMILES string of the molecule is CC(=O)Nc1cc2c(cn1)c(N1CC(F)(F)C1)nn2-c1ccnc(C(C)(F)F)n1. The van der Waals surface area contributed by atoms with E-state index in [9.17, 15) is 22.4 Å². The van der Waals surface area contributed by atoms with E-state index in [1.165, 1.54) is 34.8 Å². The molecule has 0 aromatic carbocycles. The van der Waals surface area contributed by atoms with Crippen LogP contribution >= 0.6 is 0 Å². The minimum Gasteiger partial charge on any atom is -0.342 e. The summed E-state index contributed by atoms with van der Waals surface area (Å²) in [5.74, 6) is -6.72. The minimum atomic E-state index is -3.27. The molecule has 4 heterocycles. The topological polar surface area (TPSA) is 88.8 Å². The number of aromatic nitrogens is 5. The molecule has 3 aromatic rings. The first-order valence-electron chi connectivity index (χ1n) is 8.54. The van der Waals surface area contributed by atoms with Crippen molar-refractivity contribution in [3.8, 4) is 5.82 Å². The van der Waals surface area contributed by atoms with E-state index in [2.05, 4.69) is 25.4 Å². The molecule has 29 heavy (non-hydrogen) atoms. The molecule has 1 aliphatic rings.